The summed E-state index contributed by atoms with van der Waals surface area (Å²) in [4.78, 5) is 25.4. The van der Waals surface area contributed by atoms with Crippen LogP contribution in [-0.2, 0) is 0 Å². The normalized spacial score (nSPS) is 16.0. The molecule has 1 aliphatic heterocycles. The van der Waals surface area contributed by atoms with Crippen molar-refractivity contribution in [3.8, 4) is 5.75 Å². The van der Waals surface area contributed by atoms with E-state index >= 15 is 0 Å². The van der Waals surface area contributed by atoms with Crippen molar-refractivity contribution in [1.29, 1.82) is 0 Å². The third kappa shape index (κ3) is 6.20. The minimum atomic E-state index is -4.57. The lowest BCUT2D eigenvalue weighted by Gasteiger charge is -2.33. The Kier molecular flexibility index (Phi) is 7.16. The molecule has 1 aromatic carbocycles. The summed E-state index contributed by atoms with van der Waals surface area (Å²) in [5, 5.41) is 14.0. The number of amides is 1. The third-order valence-corrected chi connectivity index (χ3v) is 4.97. The van der Waals surface area contributed by atoms with Crippen LogP contribution in [0.1, 0.15) is 41.4 Å². The highest BCUT2D eigenvalue weighted by Gasteiger charge is 2.30. The molecule has 31 heavy (non-hydrogen) atoms. The van der Waals surface area contributed by atoms with Gasteiger partial charge in [0.2, 0.25) is 0 Å². The summed E-state index contributed by atoms with van der Waals surface area (Å²) >= 11 is 0. The van der Waals surface area contributed by atoms with E-state index in [1.807, 2.05) is 0 Å². The van der Waals surface area contributed by atoms with Crippen molar-refractivity contribution in [1.82, 2.24) is 10.2 Å². The highest BCUT2D eigenvalue weighted by molar-refractivity contribution is 5.98. The van der Waals surface area contributed by atoms with Gasteiger partial charge in [-0.2, -0.15) is 13.2 Å². The highest BCUT2D eigenvalue weighted by Crippen LogP contribution is 2.27. The number of hydrogen-bond acceptors (Lipinski definition) is 6. The first-order valence-corrected chi connectivity index (χ1v) is 9.78. The van der Waals surface area contributed by atoms with Gasteiger partial charge in [-0.15, -0.1) is 0 Å². The lowest BCUT2D eigenvalue weighted by molar-refractivity contribution is -0.385. The van der Waals surface area contributed by atoms with Crippen LogP contribution in [0.5, 0.6) is 5.75 Å². The molecule has 1 N–H and O–H groups in total. The molecule has 168 valence electrons. The fourth-order valence-corrected chi connectivity index (χ4v) is 3.52. The van der Waals surface area contributed by atoms with Crippen LogP contribution in [0.3, 0.4) is 0 Å². The fraction of sp³-hybridized carbons (Fsp3) is 0.450. The van der Waals surface area contributed by atoms with Crippen LogP contribution in [-0.4, -0.2) is 48.1 Å². The number of rotatable bonds is 8. The van der Waals surface area contributed by atoms with Gasteiger partial charge in [0.15, 0.2) is 6.61 Å². The predicted octanol–water partition coefficient (Wildman–Crippen LogP) is 4.09. The maximum absolute atomic E-state index is 12.7. The molecule has 0 saturated carbocycles. The fourth-order valence-electron chi connectivity index (χ4n) is 3.52. The Labute approximate surface area is 176 Å². The number of alkyl halides is 3. The monoisotopic (exact) mass is 441 g/mol. The first kappa shape index (κ1) is 22.6. The molecular formula is C20H22F3N3O5. The number of nitrogens with zero attached hydrogens (tertiary/aromatic N) is 2. The second kappa shape index (κ2) is 9.82. The van der Waals surface area contributed by atoms with Gasteiger partial charge in [-0.3, -0.25) is 19.8 Å². The number of benzene rings is 1. The Hall–Kier alpha value is -3.08. The Morgan fingerprint density at radius 3 is 2.61 bits per heavy atom. The maximum Gasteiger partial charge on any atom is 0.422 e. The molecule has 1 fully saturated rings. The molecule has 0 aliphatic carbocycles. The van der Waals surface area contributed by atoms with E-state index in [1.165, 1.54) is 6.26 Å². The second-order valence-corrected chi connectivity index (χ2v) is 7.18. The van der Waals surface area contributed by atoms with Gasteiger partial charge in [-0.25, -0.2) is 0 Å². The molecule has 1 aromatic heterocycles. The number of nitro groups is 1. The molecule has 1 unspecified atom stereocenters. The number of carbonyl (C=O) groups is 1. The average Bonchev–Trinajstić information content (AvgIpc) is 3.27. The summed E-state index contributed by atoms with van der Waals surface area (Å²) in [7, 11) is 0. The van der Waals surface area contributed by atoms with E-state index in [0.717, 1.165) is 50.6 Å². The average molecular weight is 441 g/mol. The van der Waals surface area contributed by atoms with Crippen molar-refractivity contribution >= 4 is 11.6 Å². The van der Waals surface area contributed by atoms with E-state index in [9.17, 15) is 28.1 Å². The van der Waals surface area contributed by atoms with Gasteiger partial charge >= 0.3 is 6.18 Å². The minimum Gasteiger partial charge on any atom is -0.484 e. The SMILES string of the molecule is O=C(NCC(c1ccco1)N1CCCCC1)c1cc(OCC(F)(F)F)ccc1[N+](=O)[O-]. The zero-order chi connectivity index (χ0) is 22.4. The second-order valence-electron chi connectivity index (χ2n) is 7.18. The smallest absolute Gasteiger partial charge is 0.422 e. The van der Waals surface area contributed by atoms with Crippen LogP contribution in [0.4, 0.5) is 18.9 Å². The Balaban J connectivity index is 1.76. The summed E-state index contributed by atoms with van der Waals surface area (Å²) in [5.74, 6) is -0.414. The Bertz CT molecular complexity index is 896. The minimum absolute atomic E-state index is 0.122. The number of furan rings is 1. The highest BCUT2D eigenvalue weighted by atomic mass is 19.4. The van der Waals surface area contributed by atoms with E-state index in [2.05, 4.69) is 15.0 Å². The van der Waals surface area contributed by atoms with Crippen LogP contribution >= 0.6 is 0 Å². The van der Waals surface area contributed by atoms with Gasteiger partial charge in [-0.05, 0) is 50.2 Å². The van der Waals surface area contributed by atoms with Gasteiger partial charge in [0.25, 0.3) is 11.6 Å². The van der Waals surface area contributed by atoms with Crippen LogP contribution in [0.15, 0.2) is 41.0 Å². The quantitative estimate of drug-likeness (QED) is 0.490. The molecule has 1 saturated heterocycles. The van der Waals surface area contributed by atoms with Crippen molar-refractivity contribution in [3.63, 3.8) is 0 Å². The Morgan fingerprint density at radius 2 is 2.00 bits per heavy atom. The first-order chi connectivity index (χ1) is 14.7. The van der Waals surface area contributed by atoms with Gasteiger partial charge in [0, 0.05) is 12.6 Å². The van der Waals surface area contributed by atoms with Crippen molar-refractivity contribution < 1.29 is 32.0 Å². The number of nitro benzene ring substituents is 1. The van der Waals surface area contributed by atoms with Crippen LogP contribution in [0.2, 0.25) is 0 Å². The summed E-state index contributed by atoms with van der Waals surface area (Å²) < 4.78 is 47.3. The molecule has 8 nitrogen and oxygen atoms in total. The summed E-state index contributed by atoms with van der Waals surface area (Å²) in [6.07, 6.45) is 0.0877. The number of likely N-dealkylation sites (tertiary alicyclic amines) is 1. The van der Waals surface area contributed by atoms with Crippen molar-refractivity contribution in [2.45, 2.75) is 31.5 Å². The van der Waals surface area contributed by atoms with E-state index in [1.54, 1.807) is 12.1 Å². The molecule has 1 amide bonds. The zero-order valence-electron chi connectivity index (χ0n) is 16.6. The van der Waals surface area contributed by atoms with Gasteiger partial charge in [-0.1, -0.05) is 6.42 Å². The lowest BCUT2D eigenvalue weighted by atomic mass is 10.1. The van der Waals surface area contributed by atoms with Crippen molar-refractivity contribution in [2.75, 3.05) is 26.2 Å². The molecule has 2 heterocycles. The predicted molar refractivity (Wildman–Crippen MR) is 104 cm³/mol. The summed E-state index contributed by atoms with van der Waals surface area (Å²) in [6, 6.07) is 6.19. The number of carbonyl (C=O) groups excluding carboxylic acids is 1. The van der Waals surface area contributed by atoms with Gasteiger partial charge in [0.05, 0.1) is 17.2 Å². The van der Waals surface area contributed by atoms with E-state index in [0.29, 0.717) is 5.76 Å². The van der Waals surface area contributed by atoms with E-state index in [4.69, 9.17) is 4.42 Å². The first-order valence-electron chi connectivity index (χ1n) is 9.78. The Morgan fingerprint density at radius 1 is 1.26 bits per heavy atom. The molecule has 1 aliphatic rings. The number of nitrogens with one attached hydrogen (secondary N) is 1. The molecule has 1 atom stereocenters. The summed E-state index contributed by atoms with van der Waals surface area (Å²) in [5.41, 5.74) is -0.897. The molecule has 3 rings (SSSR count). The molecule has 0 bridgehead atoms. The molecule has 0 spiro atoms. The van der Waals surface area contributed by atoms with Crippen molar-refractivity contribution in [3.05, 3.63) is 58.0 Å². The van der Waals surface area contributed by atoms with Crippen LogP contribution in [0.25, 0.3) is 0 Å². The number of hydrogen-bond donors (Lipinski definition) is 1. The molecule has 2 aromatic rings. The van der Waals surface area contributed by atoms with Crippen LogP contribution < -0.4 is 10.1 Å². The largest absolute Gasteiger partial charge is 0.484 e. The van der Waals surface area contributed by atoms with Gasteiger partial charge < -0.3 is 14.5 Å². The number of piperidine rings is 1. The molecule has 11 heteroatoms. The number of halogens is 3. The number of ether oxygens (including phenoxy) is 1. The lowest BCUT2D eigenvalue weighted by Crippen LogP contribution is -2.40. The zero-order valence-corrected chi connectivity index (χ0v) is 16.6. The standard InChI is InChI=1S/C20H22F3N3O5/c21-20(22,23)13-31-14-6-7-16(26(28)29)15(11-14)19(27)24-12-17(18-5-4-10-30-18)25-8-2-1-3-9-25/h4-7,10-11,17H,1-3,8-9,12-13H2,(H,24,27). The topological polar surface area (TPSA) is 97.9 Å². The van der Waals surface area contributed by atoms with Gasteiger partial charge in [0.1, 0.15) is 17.1 Å². The van der Waals surface area contributed by atoms with E-state index in [-0.39, 0.29) is 23.9 Å². The maximum atomic E-state index is 12.7. The third-order valence-electron chi connectivity index (χ3n) is 4.97. The van der Waals surface area contributed by atoms with Crippen molar-refractivity contribution in [2.24, 2.45) is 0 Å². The van der Waals surface area contributed by atoms with E-state index < -0.39 is 29.3 Å². The molecule has 0 radical (unpaired) electrons. The van der Waals surface area contributed by atoms with Crippen LogP contribution in [0, 0.1) is 10.1 Å². The molecular weight excluding hydrogens is 419 g/mol. The summed E-state index contributed by atoms with van der Waals surface area (Å²) in [6.45, 7) is 0.197.